The van der Waals surface area contributed by atoms with Crippen LogP contribution in [0.1, 0.15) is 0 Å². The number of hydrogen-bond donors (Lipinski definition) is 1. The second-order valence-electron chi connectivity index (χ2n) is 6.21. The molecule has 3 aromatic carbocycles. The average Bonchev–Trinajstić information content (AvgIpc) is 2.68. The van der Waals surface area contributed by atoms with Gasteiger partial charge in [0.15, 0.2) is 5.43 Å². The SMILES string of the molecule is NS(=O)(=O)c1ccc(-c2sc3ccccc3c(=O)c2-c2ccc(Cl)cc2)cc1. The maximum atomic E-state index is 13.3. The molecule has 4 aromatic rings. The monoisotopic (exact) mass is 427 g/mol. The van der Waals surface area contributed by atoms with Gasteiger partial charge in [-0.25, -0.2) is 13.6 Å². The topological polar surface area (TPSA) is 77.2 Å². The molecule has 0 bridgehead atoms. The Labute approximate surface area is 170 Å². The van der Waals surface area contributed by atoms with Crippen molar-refractivity contribution in [2.24, 2.45) is 5.14 Å². The molecule has 7 heteroatoms. The van der Waals surface area contributed by atoms with E-state index in [0.29, 0.717) is 16.0 Å². The fourth-order valence-corrected chi connectivity index (χ4v) is 4.87. The molecule has 0 spiro atoms. The predicted molar refractivity (Wildman–Crippen MR) is 115 cm³/mol. The summed E-state index contributed by atoms with van der Waals surface area (Å²) in [6.45, 7) is 0. The number of nitrogens with two attached hydrogens (primary N) is 1. The van der Waals surface area contributed by atoms with E-state index in [1.807, 2.05) is 36.4 Å². The number of benzene rings is 3. The van der Waals surface area contributed by atoms with E-state index in [9.17, 15) is 13.2 Å². The first-order valence-electron chi connectivity index (χ1n) is 8.29. The Hall–Kier alpha value is -2.51. The molecule has 140 valence electrons. The summed E-state index contributed by atoms with van der Waals surface area (Å²) in [6, 6.07) is 20.7. The van der Waals surface area contributed by atoms with Crippen molar-refractivity contribution in [1.82, 2.24) is 0 Å². The normalized spacial score (nSPS) is 11.6. The predicted octanol–water partition coefficient (Wildman–Crippen LogP) is 4.90. The standard InChI is InChI=1S/C21H14ClNO3S2/c22-15-9-5-13(6-10-15)19-20(24)17-3-1-2-4-18(17)27-21(19)14-7-11-16(12-8-14)28(23,25)26/h1-12H,(H2,23,25,26). The van der Waals surface area contributed by atoms with Crippen LogP contribution >= 0.6 is 22.9 Å². The van der Waals surface area contributed by atoms with E-state index in [0.717, 1.165) is 20.7 Å². The van der Waals surface area contributed by atoms with Crippen molar-refractivity contribution in [2.45, 2.75) is 4.90 Å². The molecule has 0 atom stereocenters. The molecular weight excluding hydrogens is 414 g/mol. The van der Waals surface area contributed by atoms with Gasteiger partial charge in [0.2, 0.25) is 10.0 Å². The van der Waals surface area contributed by atoms with Crippen molar-refractivity contribution < 1.29 is 8.42 Å². The summed E-state index contributed by atoms with van der Waals surface area (Å²) >= 11 is 7.49. The minimum Gasteiger partial charge on any atom is -0.288 e. The van der Waals surface area contributed by atoms with Gasteiger partial charge >= 0.3 is 0 Å². The van der Waals surface area contributed by atoms with Gasteiger partial charge in [-0.3, -0.25) is 4.79 Å². The van der Waals surface area contributed by atoms with Crippen LogP contribution in [0.25, 0.3) is 31.7 Å². The van der Waals surface area contributed by atoms with Gasteiger partial charge in [-0.1, -0.05) is 48.0 Å². The minimum atomic E-state index is -3.78. The fraction of sp³-hybridized carbons (Fsp3) is 0. The quantitative estimate of drug-likeness (QED) is 0.505. The Bertz CT molecular complexity index is 1340. The van der Waals surface area contributed by atoms with Gasteiger partial charge in [0.1, 0.15) is 0 Å². The third-order valence-electron chi connectivity index (χ3n) is 4.38. The molecule has 0 aliphatic heterocycles. The highest BCUT2D eigenvalue weighted by Crippen LogP contribution is 2.37. The Morgan fingerprint density at radius 1 is 0.821 bits per heavy atom. The number of halogens is 1. The summed E-state index contributed by atoms with van der Waals surface area (Å²) < 4.78 is 24.0. The van der Waals surface area contributed by atoms with Crippen molar-refractivity contribution in [1.29, 1.82) is 0 Å². The van der Waals surface area contributed by atoms with Crippen LogP contribution in [0.2, 0.25) is 5.02 Å². The molecule has 0 saturated heterocycles. The molecule has 0 aliphatic carbocycles. The molecule has 0 fully saturated rings. The average molecular weight is 428 g/mol. The minimum absolute atomic E-state index is 0.0254. The van der Waals surface area contributed by atoms with Crippen LogP contribution in [0.4, 0.5) is 0 Å². The molecule has 4 rings (SSSR count). The first-order chi connectivity index (χ1) is 13.3. The smallest absolute Gasteiger partial charge is 0.238 e. The van der Waals surface area contributed by atoms with Crippen LogP contribution in [0.15, 0.2) is 82.5 Å². The molecule has 0 radical (unpaired) electrons. The third kappa shape index (κ3) is 3.47. The van der Waals surface area contributed by atoms with Crippen molar-refractivity contribution in [2.75, 3.05) is 0 Å². The summed E-state index contributed by atoms with van der Waals surface area (Å²) in [7, 11) is -3.78. The van der Waals surface area contributed by atoms with Crippen molar-refractivity contribution in [3.8, 4) is 21.6 Å². The van der Waals surface area contributed by atoms with E-state index in [1.54, 1.807) is 24.3 Å². The number of primary sulfonamides is 1. The number of rotatable bonds is 3. The molecule has 2 N–H and O–H groups in total. The molecular formula is C21H14ClNO3S2. The lowest BCUT2D eigenvalue weighted by Crippen LogP contribution is -2.11. The Morgan fingerprint density at radius 3 is 2.07 bits per heavy atom. The lowest BCUT2D eigenvalue weighted by Gasteiger charge is -2.11. The summed E-state index contributed by atoms with van der Waals surface area (Å²) in [4.78, 5) is 14.1. The highest BCUT2D eigenvalue weighted by Gasteiger charge is 2.17. The second-order valence-corrected chi connectivity index (χ2v) is 9.26. The zero-order valence-corrected chi connectivity index (χ0v) is 16.8. The van der Waals surface area contributed by atoms with Crippen molar-refractivity contribution in [3.05, 3.63) is 88.0 Å². The highest BCUT2D eigenvalue weighted by atomic mass is 35.5. The number of fused-ring (bicyclic) bond motifs is 1. The van der Waals surface area contributed by atoms with E-state index >= 15 is 0 Å². The summed E-state index contributed by atoms with van der Waals surface area (Å²) in [5, 5.41) is 6.42. The molecule has 0 amide bonds. The Morgan fingerprint density at radius 2 is 1.43 bits per heavy atom. The van der Waals surface area contributed by atoms with Gasteiger partial charge in [-0.05, 0) is 47.5 Å². The number of sulfonamides is 1. The molecule has 4 nitrogen and oxygen atoms in total. The van der Waals surface area contributed by atoms with Gasteiger partial charge in [0, 0.05) is 25.5 Å². The highest BCUT2D eigenvalue weighted by molar-refractivity contribution is 7.89. The van der Waals surface area contributed by atoms with E-state index < -0.39 is 10.0 Å². The Balaban J connectivity index is 2.03. The van der Waals surface area contributed by atoms with Crippen molar-refractivity contribution in [3.63, 3.8) is 0 Å². The number of hydrogen-bond acceptors (Lipinski definition) is 4. The molecule has 0 saturated carbocycles. The van der Waals surface area contributed by atoms with Crippen molar-refractivity contribution >= 4 is 43.0 Å². The van der Waals surface area contributed by atoms with Gasteiger partial charge in [-0.2, -0.15) is 0 Å². The fourth-order valence-electron chi connectivity index (χ4n) is 3.02. The molecule has 0 aliphatic rings. The van der Waals surface area contributed by atoms with Crippen LogP contribution in [0.3, 0.4) is 0 Å². The van der Waals surface area contributed by atoms with Crippen LogP contribution in [-0.4, -0.2) is 8.42 Å². The van der Waals surface area contributed by atoms with Crippen LogP contribution in [0.5, 0.6) is 0 Å². The molecule has 1 heterocycles. The van der Waals surface area contributed by atoms with E-state index in [2.05, 4.69) is 0 Å². The van der Waals surface area contributed by atoms with Gasteiger partial charge in [0.25, 0.3) is 0 Å². The lowest BCUT2D eigenvalue weighted by atomic mass is 10.0. The molecule has 1 aromatic heterocycles. The second kappa shape index (κ2) is 7.14. The van der Waals surface area contributed by atoms with E-state index in [-0.39, 0.29) is 10.3 Å². The van der Waals surface area contributed by atoms with Crippen LogP contribution in [0, 0.1) is 0 Å². The van der Waals surface area contributed by atoms with Crippen LogP contribution < -0.4 is 10.6 Å². The third-order valence-corrected chi connectivity index (χ3v) is 6.78. The van der Waals surface area contributed by atoms with E-state index in [4.69, 9.17) is 16.7 Å². The largest absolute Gasteiger partial charge is 0.288 e. The lowest BCUT2D eigenvalue weighted by molar-refractivity contribution is 0.598. The zero-order chi connectivity index (χ0) is 19.9. The van der Waals surface area contributed by atoms with Gasteiger partial charge in [-0.15, -0.1) is 11.3 Å². The maximum absolute atomic E-state index is 13.3. The summed E-state index contributed by atoms with van der Waals surface area (Å²) in [5.41, 5.74) is 1.97. The summed E-state index contributed by atoms with van der Waals surface area (Å²) in [6.07, 6.45) is 0. The molecule has 28 heavy (non-hydrogen) atoms. The first kappa shape index (κ1) is 18.8. The van der Waals surface area contributed by atoms with E-state index in [1.165, 1.54) is 23.5 Å². The van der Waals surface area contributed by atoms with Gasteiger partial charge < -0.3 is 0 Å². The van der Waals surface area contributed by atoms with Crippen LogP contribution in [-0.2, 0) is 10.0 Å². The summed E-state index contributed by atoms with van der Waals surface area (Å²) in [5.74, 6) is 0. The first-order valence-corrected chi connectivity index (χ1v) is 11.0. The molecule has 0 unspecified atom stereocenters. The van der Waals surface area contributed by atoms with Gasteiger partial charge in [0.05, 0.1) is 4.90 Å². The zero-order valence-electron chi connectivity index (χ0n) is 14.4. The Kier molecular flexibility index (Phi) is 4.81. The maximum Gasteiger partial charge on any atom is 0.238 e.